The zero-order valence-corrected chi connectivity index (χ0v) is 15.8. The topological polar surface area (TPSA) is 42.4 Å². The van der Waals surface area contributed by atoms with Crippen molar-refractivity contribution in [1.29, 1.82) is 0 Å². The molecule has 0 aliphatic heterocycles. The quantitative estimate of drug-likeness (QED) is 0.574. The number of para-hydroxylation sites is 1. The summed E-state index contributed by atoms with van der Waals surface area (Å²) in [7, 11) is 1.54. The third-order valence-corrected chi connectivity index (χ3v) is 5.58. The number of nitrogens with zero attached hydrogens (tertiary/aromatic N) is 2. The molecule has 0 spiro atoms. The van der Waals surface area contributed by atoms with E-state index in [4.69, 9.17) is 0 Å². The second-order valence-electron chi connectivity index (χ2n) is 5.70. The van der Waals surface area contributed by atoms with E-state index in [-0.39, 0.29) is 30.2 Å². The normalized spacial score (nSPS) is 11.4. The van der Waals surface area contributed by atoms with Crippen LogP contribution in [0.25, 0.3) is 9.88 Å². The number of halogens is 3. The number of aromatic nitrogens is 1. The number of rotatable bonds is 6. The lowest BCUT2D eigenvalue weighted by molar-refractivity contribution is -0.275. The van der Waals surface area contributed by atoms with E-state index in [1.807, 2.05) is 22.9 Å². The monoisotopic (exact) mass is 412 g/mol. The molecule has 0 saturated carbocycles. The molecule has 0 fully saturated rings. The summed E-state index contributed by atoms with van der Waals surface area (Å²) in [6, 6.07) is 9.68. The summed E-state index contributed by atoms with van der Waals surface area (Å²) in [5, 5.41) is 4.62. The highest BCUT2D eigenvalue weighted by molar-refractivity contribution is 7.20. The molecule has 4 nitrogen and oxygen atoms in total. The average molecular weight is 412 g/mol. The predicted octanol–water partition coefficient (Wildman–Crippen LogP) is 4.97. The van der Waals surface area contributed by atoms with Crippen LogP contribution in [0.15, 0.2) is 47.2 Å². The molecule has 0 radical (unpaired) electrons. The zero-order valence-electron chi connectivity index (χ0n) is 14.2. The second kappa shape index (κ2) is 8.10. The van der Waals surface area contributed by atoms with Gasteiger partial charge in [-0.3, -0.25) is 4.79 Å². The Labute approximate surface area is 161 Å². The number of thiazole rings is 1. The lowest BCUT2D eigenvalue weighted by atomic mass is 10.2. The number of likely N-dealkylation sites (N-methyl/N-ethyl adjacent to an activating group) is 1. The van der Waals surface area contributed by atoms with Gasteiger partial charge >= 0.3 is 6.36 Å². The van der Waals surface area contributed by atoms with Gasteiger partial charge in [0.05, 0.1) is 17.0 Å². The molecule has 0 unspecified atom stereocenters. The van der Waals surface area contributed by atoms with E-state index in [1.165, 1.54) is 34.4 Å². The first-order valence-electron chi connectivity index (χ1n) is 7.88. The Hall–Kier alpha value is -2.39. The Morgan fingerprint density at radius 1 is 1.19 bits per heavy atom. The number of alkyl halides is 3. The van der Waals surface area contributed by atoms with E-state index in [0.29, 0.717) is 5.69 Å². The Kier molecular flexibility index (Phi) is 5.81. The fourth-order valence-electron chi connectivity index (χ4n) is 2.39. The molecule has 3 aromatic rings. The van der Waals surface area contributed by atoms with Crippen LogP contribution in [0.2, 0.25) is 0 Å². The van der Waals surface area contributed by atoms with E-state index in [1.54, 1.807) is 24.5 Å². The van der Waals surface area contributed by atoms with Gasteiger partial charge in [-0.2, -0.15) is 0 Å². The Balaban J connectivity index is 1.65. The molecule has 0 N–H and O–H groups in total. The van der Waals surface area contributed by atoms with Crippen molar-refractivity contribution in [2.45, 2.75) is 19.3 Å². The fraction of sp³-hybridized carbons (Fsp3) is 0.222. The molecule has 142 valence electrons. The zero-order chi connectivity index (χ0) is 19.4. The van der Waals surface area contributed by atoms with E-state index >= 15 is 0 Å². The number of ether oxygens (including phenoxy) is 1. The van der Waals surface area contributed by atoms with Crippen LogP contribution in [-0.4, -0.2) is 29.2 Å². The van der Waals surface area contributed by atoms with Gasteiger partial charge in [-0.25, -0.2) is 4.98 Å². The summed E-state index contributed by atoms with van der Waals surface area (Å²) >= 11 is 3.03. The van der Waals surface area contributed by atoms with Crippen molar-refractivity contribution in [1.82, 2.24) is 9.88 Å². The van der Waals surface area contributed by atoms with Crippen molar-refractivity contribution in [2.24, 2.45) is 0 Å². The maximum absolute atomic E-state index is 12.5. The number of carbonyl (C=O) groups excluding carboxylic acids is 1. The van der Waals surface area contributed by atoms with Crippen LogP contribution < -0.4 is 4.74 Å². The highest BCUT2D eigenvalue weighted by Crippen LogP contribution is 2.29. The fourth-order valence-corrected chi connectivity index (χ4v) is 4.03. The number of hydrogen-bond acceptors (Lipinski definition) is 5. The van der Waals surface area contributed by atoms with E-state index in [2.05, 4.69) is 9.72 Å². The number of amides is 1. The molecule has 0 atom stereocenters. The van der Waals surface area contributed by atoms with Crippen molar-refractivity contribution in [3.63, 3.8) is 0 Å². The lowest BCUT2D eigenvalue weighted by Gasteiger charge is -2.19. The molecular weight excluding hydrogens is 397 g/mol. The van der Waals surface area contributed by atoms with Gasteiger partial charge in [0.15, 0.2) is 0 Å². The van der Waals surface area contributed by atoms with Crippen LogP contribution in [0.4, 0.5) is 13.2 Å². The summed E-state index contributed by atoms with van der Waals surface area (Å²) in [6.45, 7) is 0.00695. The molecule has 0 bridgehead atoms. The Morgan fingerprint density at radius 3 is 2.67 bits per heavy atom. The third kappa shape index (κ3) is 5.30. The summed E-state index contributed by atoms with van der Waals surface area (Å²) < 4.78 is 41.6. The molecule has 1 aromatic carbocycles. The summed E-state index contributed by atoms with van der Waals surface area (Å²) in [5.74, 6) is -0.543. The van der Waals surface area contributed by atoms with Crippen LogP contribution in [0, 0.1) is 0 Å². The van der Waals surface area contributed by atoms with E-state index in [0.717, 1.165) is 9.88 Å². The van der Waals surface area contributed by atoms with Gasteiger partial charge in [0.2, 0.25) is 5.91 Å². The van der Waals surface area contributed by atoms with Crippen molar-refractivity contribution >= 4 is 28.6 Å². The first-order chi connectivity index (χ1) is 12.8. The first kappa shape index (κ1) is 19.4. The van der Waals surface area contributed by atoms with Crippen LogP contribution in [-0.2, 0) is 17.8 Å². The standard InChI is InChI=1S/C18H15F3N2O2S2/c1-23(10-12-5-2-3-6-14(12)25-18(19,20)21)16(24)9-13-11-27-17(22-13)15-7-4-8-26-15/h2-8,11H,9-10H2,1H3. The minimum Gasteiger partial charge on any atom is -0.405 e. The van der Waals surface area contributed by atoms with Crippen LogP contribution in [0.5, 0.6) is 5.75 Å². The number of benzene rings is 1. The highest BCUT2D eigenvalue weighted by atomic mass is 32.1. The Bertz CT molecular complexity index is 907. The van der Waals surface area contributed by atoms with Crippen molar-refractivity contribution < 1.29 is 22.7 Å². The summed E-state index contributed by atoms with van der Waals surface area (Å²) in [6.07, 6.45) is -4.70. The second-order valence-corrected chi connectivity index (χ2v) is 7.51. The van der Waals surface area contributed by atoms with Crippen molar-refractivity contribution in [3.8, 4) is 15.6 Å². The van der Waals surface area contributed by atoms with Gasteiger partial charge in [-0.15, -0.1) is 35.8 Å². The van der Waals surface area contributed by atoms with Gasteiger partial charge in [0.25, 0.3) is 0 Å². The molecular formula is C18H15F3N2O2S2. The molecule has 0 aliphatic rings. The van der Waals surface area contributed by atoms with Gasteiger partial charge < -0.3 is 9.64 Å². The van der Waals surface area contributed by atoms with Gasteiger partial charge in [-0.05, 0) is 17.5 Å². The smallest absolute Gasteiger partial charge is 0.405 e. The van der Waals surface area contributed by atoms with Crippen LogP contribution in [0.3, 0.4) is 0 Å². The van der Waals surface area contributed by atoms with Gasteiger partial charge in [0, 0.05) is 24.5 Å². The predicted molar refractivity (Wildman–Crippen MR) is 98.7 cm³/mol. The number of carbonyl (C=O) groups is 1. The maximum Gasteiger partial charge on any atom is 0.573 e. The summed E-state index contributed by atoms with van der Waals surface area (Å²) in [5.41, 5.74) is 0.920. The lowest BCUT2D eigenvalue weighted by Crippen LogP contribution is -2.28. The van der Waals surface area contributed by atoms with Crippen molar-refractivity contribution in [2.75, 3.05) is 7.05 Å². The Morgan fingerprint density at radius 2 is 1.96 bits per heavy atom. The molecule has 9 heteroatoms. The molecule has 0 saturated heterocycles. The van der Waals surface area contributed by atoms with E-state index in [9.17, 15) is 18.0 Å². The molecule has 27 heavy (non-hydrogen) atoms. The average Bonchev–Trinajstić information content (AvgIpc) is 3.26. The maximum atomic E-state index is 12.5. The first-order valence-corrected chi connectivity index (χ1v) is 9.63. The van der Waals surface area contributed by atoms with Gasteiger partial charge in [0.1, 0.15) is 10.8 Å². The molecule has 2 heterocycles. The van der Waals surface area contributed by atoms with Crippen LogP contribution in [0.1, 0.15) is 11.3 Å². The SMILES string of the molecule is CN(Cc1ccccc1OC(F)(F)F)C(=O)Cc1csc(-c2cccs2)n1. The van der Waals surface area contributed by atoms with E-state index < -0.39 is 6.36 Å². The molecule has 1 amide bonds. The highest BCUT2D eigenvalue weighted by Gasteiger charge is 2.32. The third-order valence-electron chi connectivity index (χ3n) is 3.65. The largest absolute Gasteiger partial charge is 0.573 e. The minimum absolute atomic E-state index is 0.00695. The molecule has 0 aliphatic carbocycles. The molecule has 3 rings (SSSR count). The van der Waals surface area contributed by atoms with Crippen molar-refractivity contribution in [3.05, 3.63) is 58.4 Å². The molecule has 2 aromatic heterocycles. The minimum atomic E-state index is -4.78. The van der Waals surface area contributed by atoms with Crippen LogP contribution >= 0.6 is 22.7 Å². The summed E-state index contributed by atoms with van der Waals surface area (Å²) in [4.78, 5) is 19.3. The number of hydrogen-bond donors (Lipinski definition) is 0. The number of thiophene rings is 1. The van der Waals surface area contributed by atoms with Gasteiger partial charge in [-0.1, -0.05) is 24.3 Å².